The van der Waals surface area contributed by atoms with E-state index in [-0.39, 0.29) is 0 Å². The smallest absolute Gasteiger partial charge is 0.255 e. The maximum atomic E-state index is 12.4. The molecule has 0 N–H and O–H groups in total. The molecule has 1 aliphatic carbocycles. The Morgan fingerprint density at radius 1 is 1.24 bits per heavy atom. The fraction of sp³-hybridized carbons (Fsp3) is 0.417. The third-order valence-corrected chi connectivity index (χ3v) is 2.98. The van der Waals surface area contributed by atoms with Crippen molar-refractivity contribution in [3.63, 3.8) is 0 Å². The number of nitrogens with zero attached hydrogens (tertiary/aromatic N) is 2. The monoisotopic (exact) mass is 240 g/mol. The van der Waals surface area contributed by atoms with E-state index in [1.54, 1.807) is 12.1 Å². The average molecular weight is 240 g/mol. The standard InChI is InChI=1S/C12H11F3N2/c13-12(14,15)7-17-10-4-2-1-3-9(10)11(16-17)8-5-6-8/h1-4,8H,5-7H2. The first kappa shape index (κ1) is 10.6. The van der Waals surface area contributed by atoms with Gasteiger partial charge in [0, 0.05) is 11.3 Å². The van der Waals surface area contributed by atoms with E-state index in [1.165, 1.54) is 0 Å². The highest BCUT2D eigenvalue weighted by atomic mass is 19.4. The summed E-state index contributed by atoms with van der Waals surface area (Å²) in [5, 5.41) is 4.99. The molecule has 2 aromatic rings. The molecule has 0 bridgehead atoms. The molecule has 3 rings (SSSR count). The Balaban J connectivity index is 2.11. The third kappa shape index (κ3) is 2.01. The summed E-state index contributed by atoms with van der Waals surface area (Å²) in [5.74, 6) is 0.356. The van der Waals surface area contributed by atoms with Gasteiger partial charge in [0.1, 0.15) is 6.54 Å². The van der Waals surface area contributed by atoms with Gasteiger partial charge in [0.05, 0.1) is 11.2 Å². The lowest BCUT2D eigenvalue weighted by Gasteiger charge is -2.06. The number of hydrogen-bond acceptors (Lipinski definition) is 1. The minimum Gasteiger partial charge on any atom is -0.255 e. The zero-order chi connectivity index (χ0) is 12.0. The lowest BCUT2D eigenvalue weighted by atomic mass is 10.1. The lowest BCUT2D eigenvalue weighted by molar-refractivity contribution is -0.141. The molecule has 0 radical (unpaired) electrons. The summed E-state index contributed by atoms with van der Waals surface area (Å²) in [5.41, 5.74) is 1.40. The van der Waals surface area contributed by atoms with Crippen LogP contribution in [0.15, 0.2) is 24.3 Å². The Hall–Kier alpha value is -1.52. The first-order chi connectivity index (χ1) is 8.04. The zero-order valence-corrected chi connectivity index (χ0v) is 9.04. The van der Waals surface area contributed by atoms with Crippen LogP contribution >= 0.6 is 0 Å². The molecule has 17 heavy (non-hydrogen) atoms. The van der Waals surface area contributed by atoms with E-state index >= 15 is 0 Å². The number of aromatic nitrogens is 2. The van der Waals surface area contributed by atoms with E-state index in [0.717, 1.165) is 28.6 Å². The fourth-order valence-corrected chi connectivity index (χ4v) is 2.10. The Labute approximate surface area is 96.0 Å². The second-order valence-corrected chi connectivity index (χ2v) is 4.45. The van der Waals surface area contributed by atoms with Crippen LogP contribution in [0, 0.1) is 0 Å². The molecular weight excluding hydrogens is 229 g/mol. The molecule has 1 aliphatic rings. The predicted octanol–water partition coefficient (Wildman–Crippen LogP) is 3.48. The highest BCUT2D eigenvalue weighted by molar-refractivity contribution is 5.82. The van der Waals surface area contributed by atoms with Gasteiger partial charge in [0.15, 0.2) is 0 Å². The molecule has 1 saturated carbocycles. The van der Waals surface area contributed by atoms with Crippen molar-refractivity contribution in [2.75, 3.05) is 0 Å². The molecule has 5 heteroatoms. The predicted molar refractivity (Wildman–Crippen MR) is 57.8 cm³/mol. The highest BCUT2D eigenvalue weighted by Gasteiger charge is 2.33. The minimum absolute atomic E-state index is 0.356. The maximum Gasteiger partial charge on any atom is 0.408 e. The Bertz CT molecular complexity index is 552. The van der Waals surface area contributed by atoms with E-state index in [2.05, 4.69) is 5.10 Å². The van der Waals surface area contributed by atoms with E-state index in [4.69, 9.17) is 0 Å². The van der Waals surface area contributed by atoms with Crippen molar-refractivity contribution >= 4 is 10.9 Å². The molecule has 1 fully saturated rings. The van der Waals surface area contributed by atoms with E-state index in [1.807, 2.05) is 12.1 Å². The second kappa shape index (κ2) is 3.48. The van der Waals surface area contributed by atoms with Gasteiger partial charge in [0.2, 0.25) is 0 Å². The molecule has 0 spiro atoms. The van der Waals surface area contributed by atoms with Crippen molar-refractivity contribution in [3.8, 4) is 0 Å². The van der Waals surface area contributed by atoms with Crippen molar-refractivity contribution in [2.45, 2.75) is 31.5 Å². The summed E-state index contributed by atoms with van der Waals surface area (Å²) in [6, 6.07) is 7.13. The highest BCUT2D eigenvalue weighted by Crippen LogP contribution is 2.42. The fourth-order valence-electron chi connectivity index (χ4n) is 2.10. The third-order valence-electron chi connectivity index (χ3n) is 2.98. The number of para-hydroxylation sites is 1. The summed E-state index contributed by atoms with van der Waals surface area (Å²) in [6.45, 7) is -1.01. The normalized spacial score (nSPS) is 16.6. The molecule has 1 aromatic carbocycles. The van der Waals surface area contributed by atoms with Crippen molar-refractivity contribution in [1.29, 1.82) is 0 Å². The number of fused-ring (bicyclic) bond motifs is 1. The first-order valence-corrected chi connectivity index (χ1v) is 5.57. The van der Waals surface area contributed by atoms with Gasteiger partial charge in [0.25, 0.3) is 0 Å². The Morgan fingerprint density at radius 3 is 2.59 bits per heavy atom. The largest absolute Gasteiger partial charge is 0.408 e. The second-order valence-electron chi connectivity index (χ2n) is 4.45. The molecular formula is C12H11F3N2. The quantitative estimate of drug-likeness (QED) is 0.785. The summed E-state index contributed by atoms with van der Waals surface area (Å²) in [7, 11) is 0. The SMILES string of the molecule is FC(F)(F)Cn1nc(C2CC2)c2ccccc21. The molecule has 90 valence electrons. The average Bonchev–Trinajstić information content (AvgIpc) is 3.02. The van der Waals surface area contributed by atoms with Crippen LogP contribution in [0.5, 0.6) is 0 Å². The molecule has 2 nitrogen and oxygen atoms in total. The van der Waals surface area contributed by atoms with Gasteiger partial charge in [-0.1, -0.05) is 18.2 Å². The summed E-state index contributed by atoms with van der Waals surface area (Å²) in [6.07, 6.45) is -2.16. The van der Waals surface area contributed by atoms with Crippen LogP contribution in [0.3, 0.4) is 0 Å². The van der Waals surface area contributed by atoms with Crippen LogP contribution in [0.25, 0.3) is 10.9 Å². The minimum atomic E-state index is -4.23. The van der Waals surface area contributed by atoms with Crippen LogP contribution in [0.4, 0.5) is 13.2 Å². The van der Waals surface area contributed by atoms with E-state index < -0.39 is 12.7 Å². The molecule has 1 heterocycles. The summed E-state index contributed by atoms with van der Waals surface area (Å²) in [4.78, 5) is 0. The van der Waals surface area contributed by atoms with Crippen molar-refractivity contribution in [2.24, 2.45) is 0 Å². The van der Waals surface area contributed by atoms with Crippen LogP contribution in [0.2, 0.25) is 0 Å². The number of alkyl halides is 3. The molecule has 0 saturated heterocycles. The number of hydrogen-bond donors (Lipinski definition) is 0. The molecule has 1 aromatic heterocycles. The number of benzene rings is 1. The van der Waals surface area contributed by atoms with Crippen LogP contribution < -0.4 is 0 Å². The first-order valence-electron chi connectivity index (χ1n) is 5.57. The summed E-state index contributed by atoms with van der Waals surface area (Å²) >= 11 is 0. The lowest BCUT2D eigenvalue weighted by Crippen LogP contribution is -2.18. The molecule has 0 aliphatic heterocycles. The van der Waals surface area contributed by atoms with Crippen molar-refractivity contribution < 1.29 is 13.2 Å². The summed E-state index contributed by atoms with van der Waals surface area (Å²) < 4.78 is 38.4. The van der Waals surface area contributed by atoms with Gasteiger partial charge in [-0.05, 0) is 18.9 Å². The van der Waals surface area contributed by atoms with Gasteiger partial charge in [-0.15, -0.1) is 0 Å². The Kier molecular flexibility index (Phi) is 2.18. The van der Waals surface area contributed by atoms with E-state index in [0.29, 0.717) is 11.4 Å². The van der Waals surface area contributed by atoms with Crippen LogP contribution in [-0.2, 0) is 6.54 Å². The van der Waals surface area contributed by atoms with Gasteiger partial charge < -0.3 is 0 Å². The topological polar surface area (TPSA) is 17.8 Å². The van der Waals surface area contributed by atoms with E-state index in [9.17, 15) is 13.2 Å². The number of halogens is 3. The van der Waals surface area contributed by atoms with Crippen molar-refractivity contribution in [1.82, 2.24) is 9.78 Å². The van der Waals surface area contributed by atoms with Crippen LogP contribution in [-0.4, -0.2) is 16.0 Å². The molecule has 0 atom stereocenters. The zero-order valence-electron chi connectivity index (χ0n) is 9.04. The molecule has 0 unspecified atom stereocenters. The van der Waals surface area contributed by atoms with Crippen molar-refractivity contribution in [3.05, 3.63) is 30.0 Å². The number of rotatable bonds is 2. The maximum absolute atomic E-state index is 12.4. The van der Waals surface area contributed by atoms with Gasteiger partial charge >= 0.3 is 6.18 Å². The van der Waals surface area contributed by atoms with Gasteiger partial charge in [-0.2, -0.15) is 18.3 Å². The van der Waals surface area contributed by atoms with Gasteiger partial charge in [-0.3, -0.25) is 4.68 Å². The van der Waals surface area contributed by atoms with Crippen LogP contribution in [0.1, 0.15) is 24.5 Å². The Morgan fingerprint density at radius 2 is 1.94 bits per heavy atom. The molecule has 0 amide bonds. The van der Waals surface area contributed by atoms with Gasteiger partial charge in [-0.25, -0.2) is 0 Å².